The van der Waals surface area contributed by atoms with Crippen LogP contribution in [0.3, 0.4) is 0 Å². The maximum Gasteiger partial charge on any atom is 0.327 e. The van der Waals surface area contributed by atoms with E-state index in [9.17, 15) is 4.79 Å². The Morgan fingerprint density at radius 3 is 2.90 bits per heavy atom. The van der Waals surface area contributed by atoms with Crippen LogP contribution in [0, 0.1) is 13.8 Å². The van der Waals surface area contributed by atoms with Gasteiger partial charge in [-0.05, 0) is 56.2 Å². The van der Waals surface area contributed by atoms with Gasteiger partial charge >= 0.3 is 6.03 Å². The van der Waals surface area contributed by atoms with Gasteiger partial charge in [0.1, 0.15) is 0 Å². The van der Waals surface area contributed by atoms with Crippen molar-refractivity contribution in [3.05, 3.63) is 60.2 Å². The van der Waals surface area contributed by atoms with E-state index in [1.807, 2.05) is 43.0 Å². The quantitative estimate of drug-likeness (QED) is 0.725. The molecule has 3 aromatic heterocycles. The number of fused-ring (bicyclic) bond motifs is 4. The first kappa shape index (κ1) is 17.6. The van der Waals surface area contributed by atoms with Crippen molar-refractivity contribution in [1.82, 2.24) is 15.0 Å². The number of amides is 2. The Morgan fingerprint density at radius 2 is 2.07 bits per heavy atom. The molecule has 1 atom stereocenters. The van der Waals surface area contributed by atoms with Crippen molar-refractivity contribution >= 4 is 23.2 Å². The summed E-state index contributed by atoms with van der Waals surface area (Å²) in [5.74, 6) is 0.712. The number of hydrogen-bond donors (Lipinski definition) is 1. The molecule has 1 N–H and O–H groups in total. The second kappa shape index (κ2) is 6.84. The number of carbonyl (C=O) groups is 1. The number of nitrogens with zero attached hydrogens (tertiary/aromatic N) is 5. The summed E-state index contributed by atoms with van der Waals surface area (Å²) in [6.07, 6.45) is 6.15. The highest BCUT2D eigenvalue weighted by molar-refractivity contribution is 6.04. The Hall–Kier alpha value is -3.48. The topological polar surface area (TPSA) is 74.2 Å². The fraction of sp³-hybridized carbons (Fsp3) is 0.273. The highest BCUT2D eigenvalue weighted by Gasteiger charge is 2.40. The Labute approximate surface area is 169 Å². The molecule has 146 valence electrons. The van der Waals surface area contributed by atoms with E-state index in [-0.39, 0.29) is 12.1 Å². The lowest BCUT2D eigenvalue weighted by Crippen LogP contribution is -2.48. The van der Waals surface area contributed by atoms with E-state index in [2.05, 4.69) is 26.3 Å². The fourth-order valence-corrected chi connectivity index (χ4v) is 4.14. The van der Waals surface area contributed by atoms with E-state index in [0.29, 0.717) is 11.5 Å². The van der Waals surface area contributed by atoms with E-state index < -0.39 is 0 Å². The number of pyridine rings is 3. The van der Waals surface area contributed by atoms with Gasteiger partial charge in [-0.3, -0.25) is 14.9 Å². The summed E-state index contributed by atoms with van der Waals surface area (Å²) < 4.78 is 0. The summed E-state index contributed by atoms with van der Waals surface area (Å²) in [6, 6.07) is 9.91. The van der Waals surface area contributed by atoms with Crippen LogP contribution in [-0.4, -0.2) is 40.1 Å². The zero-order valence-electron chi connectivity index (χ0n) is 16.5. The number of anilines is 3. The molecule has 0 spiro atoms. The van der Waals surface area contributed by atoms with Crippen LogP contribution in [0.1, 0.15) is 17.7 Å². The lowest BCUT2D eigenvalue weighted by atomic mass is 10.1. The van der Waals surface area contributed by atoms with Crippen LogP contribution in [0.25, 0.3) is 11.3 Å². The van der Waals surface area contributed by atoms with Gasteiger partial charge in [0.15, 0.2) is 5.82 Å². The zero-order chi connectivity index (χ0) is 20.0. The smallest absolute Gasteiger partial charge is 0.327 e. The number of urea groups is 1. The number of aryl methyl sites for hydroxylation is 2. The molecule has 1 saturated heterocycles. The number of carbonyl (C=O) groups excluding carboxylic acids is 1. The third-order valence-corrected chi connectivity index (χ3v) is 5.49. The Bertz CT molecular complexity index is 1100. The summed E-state index contributed by atoms with van der Waals surface area (Å²) in [5, 5.41) is 3.00. The van der Waals surface area contributed by atoms with Gasteiger partial charge in [-0.2, -0.15) is 0 Å². The molecule has 7 nitrogen and oxygen atoms in total. The second-order valence-corrected chi connectivity index (χ2v) is 7.66. The third kappa shape index (κ3) is 3.18. The number of nitrogens with one attached hydrogen (secondary N) is 1. The molecule has 5 heterocycles. The van der Waals surface area contributed by atoms with Crippen molar-refractivity contribution in [2.45, 2.75) is 26.3 Å². The normalized spacial score (nSPS) is 17.2. The van der Waals surface area contributed by atoms with Crippen molar-refractivity contribution in [1.29, 1.82) is 0 Å². The van der Waals surface area contributed by atoms with E-state index in [1.165, 1.54) is 0 Å². The lowest BCUT2D eigenvalue weighted by Gasteiger charge is -2.36. The summed E-state index contributed by atoms with van der Waals surface area (Å²) in [7, 11) is 0. The SMILES string of the molecule is Cc1cncc(NC(=O)N2c3nc(-c4ccnc(C)c4)ccc3N3CC[C@H]2C3)c1. The molecule has 5 rings (SSSR count). The minimum Gasteiger partial charge on any atom is -0.366 e. The van der Waals surface area contributed by atoms with Gasteiger partial charge in [0, 0.05) is 36.7 Å². The summed E-state index contributed by atoms with van der Waals surface area (Å²) in [4.78, 5) is 30.7. The minimum absolute atomic E-state index is 0.113. The summed E-state index contributed by atoms with van der Waals surface area (Å²) >= 11 is 0. The van der Waals surface area contributed by atoms with Crippen LogP contribution in [0.2, 0.25) is 0 Å². The number of rotatable bonds is 2. The van der Waals surface area contributed by atoms with Gasteiger partial charge < -0.3 is 10.2 Å². The van der Waals surface area contributed by atoms with Crippen LogP contribution < -0.4 is 15.1 Å². The predicted octanol–water partition coefficient (Wildman–Crippen LogP) is 3.79. The summed E-state index contributed by atoms with van der Waals surface area (Å²) in [6.45, 7) is 5.69. The van der Waals surface area contributed by atoms with Crippen LogP contribution in [0.4, 0.5) is 22.0 Å². The van der Waals surface area contributed by atoms with Gasteiger partial charge in [-0.1, -0.05) is 0 Å². The van der Waals surface area contributed by atoms with Crippen molar-refractivity contribution in [3.8, 4) is 11.3 Å². The second-order valence-electron chi connectivity index (χ2n) is 7.66. The van der Waals surface area contributed by atoms with E-state index in [0.717, 1.165) is 47.7 Å². The molecule has 0 saturated carbocycles. The number of hydrogen-bond acceptors (Lipinski definition) is 5. The Morgan fingerprint density at radius 1 is 1.17 bits per heavy atom. The molecule has 0 radical (unpaired) electrons. The fourth-order valence-electron chi connectivity index (χ4n) is 4.14. The lowest BCUT2D eigenvalue weighted by molar-refractivity contribution is 0.255. The first-order valence-electron chi connectivity index (χ1n) is 9.79. The minimum atomic E-state index is -0.166. The molecular formula is C22H22N6O. The van der Waals surface area contributed by atoms with Crippen molar-refractivity contribution in [2.75, 3.05) is 28.2 Å². The molecule has 29 heavy (non-hydrogen) atoms. The van der Waals surface area contributed by atoms with Crippen molar-refractivity contribution in [2.24, 2.45) is 0 Å². The van der Waals surface area contributed by atoms with Gasteiger partial charge in [0.25, 0.3) is 0 Å². The predicted molar refractivity (Wildman–Crippen MR) is 113 cm³/mol. The Kier molecular flexibility index (Phi) is 4.16. The molecule has 3 aromatic rings. The van der Waals surface area contributed by atoms with Crippen molar-refractivity contribution in [3.63, 3.8) is 0 Å². The van der Waals surface area contributed by atoms with Gasteiger partial charge in [-0.25, -0.2) is 9.78 Å². The molecule has 2 bridgehead atoms. The summed E-state index contributed by atoms with van der Waals surface area (Å²) in [5.41, 5.74) is 5.47. The molecule has 7 heteroatoms. The molecule has 0 unspecified atom stereocenters. The largest absolute Gasteiger partial charge is 0.366 e. The number of aromatic nitrogens is 3. The van der Waals surface area contributed by atoms with Crippen molar-refractivity contribution < 1.29 is 4.79 Å². The average Bonchev–Trinajstić information content (AvgIpc) is 3.12. The van der Waals surface area contributed by atoms with Crippen LogP contribution in [-0.2, 0) is 0 Å². The van der Waals surface area contributed by atoms with Crippen LogP contribution in [0.15, 0.2) is 48.9 Å². The molecule has 0 aliphatic carbocycles. The van der Waals surface area contributed by atoms with Gasteiger partial charge in [-0.15, -0.1) is 0 Å². The first-order valence-corrected chi connectivity index (χ1v) is 9.79. The first-order chi connectivity index (χ1) is 14.1. The molecule has 0 aromatic carbocycles. The van der Waals surface area contributed by atoms with Gasteiger partial charge in [0.05, 0.1) is 29.3 Å². The zero-order valence-corrected chi connectivity index (χ0v) is 16.5. The monoisotopic (exact) mass is 386 g/mol. The molecule has 2 amide bonds. The van der Waals surface area contributed by atoms with E-state index in [1.54, 1.807) is 18.6 Å². The maximum absolute atomic E-state index is 13.2. The molecule has 2 aliphatic rings. The average molecular weight is 386 g/mol. The molecule has 2 aliphatic heterocycles. The van der Waals surface area contributed by atoms with Crippen LogP contribution >= 0.6 is 0 Å². The molecule has 1 fully saturated rings. The van der Waals surface area contributed by atoms with E-state index >= 15 is 0 Å². The van der Waals surface area contributed by atoms with Crippen LogP contribution in [0.5, 0.6) is 0 Å². The highest BCUT2D eigenvalue weighted by Crippen LogP contribution is 2.40. The standard InChI is InChI=1S/C22H22N6O/c1-14-9-17(12-23-11-14)25-22(29)28-18-6-8-27(13-18)20-4-3-19(26-21(20)28)16-5-7-24-15(2)10-16/h3-5,7,9-12,18H,6,8,13H2,1-2H3,(H,25,29)/t18-/m0/s1. The molecular weight excluding hydrogens is 364 g/mol. The highest BCUT2D eigenvalue weighted by atomic mass is 16.2. The Balaban J connectivity index is 1.53. The van der Waals surface area contributed by atoms with E-state index in [4.69, 9.17) is 4.98 Å². The third-order valence-electron chi connectivity index (χ3n) is 5.49. The van der Waals surface area contributed by atoms with Gasteiger partial charge in [0.2, 0.25) is 0 Å². The maximum atomic E-state index is 13.2.